The maximum absolute atomic E-state index is 12.4. The van der Waals surface area contributed by atoms with Gasteiger partial charge in [-0.1, -0.05) is 36.4 Å². The lowest BCUT2D eigenvalue weighted by molar-refractivity contribution is -0.134. The molecule has 0 bridgehead atoms. The lowest BCUT2D eigenvalue weighted by Crippen LogP contribution is -2.49. The number of hydrogen-bond donors (Lipinski definition) is 1. The van der Waals surface area contributed by atoms with Gasteiger partial charge in [0, 0.05) is 37.3 Å². The second-order valence-electron chi connectivity index (χ2n) is 6.73. The first-order valence-electron chi connectivity index (χ1n) is 9.36. The summed E-state index contributed by atoms with van der Waals surface area (Å²) in [5, 5.41) is 6.82. The van der Waals surface area contributed by atoms with Crippen molar-refractivity contribution in [3.8, 4) is 0 Å². The van der Waals surface area contributed by atoms with E-state index in [0.717, 1.165) is 18.8 Å². The second-order valence-corrected chi connectivity index (χ2v) is 6.73. The summed E-state index contributed by atoms with van der Waals surface area (Å²) in [4.78, 5) is 40.6. The van der Waals surface area contributed by atoms with E-state index in [0.29, 0.717) is 23.9 Å². The van der Waals surface area contributed by atoms with E-state index in [1.165, 1.54) is 0 Å². The number of aromatic amines is 1. The van der Waals surface area contributed by atoms with E-state index in [9.17, 15) is 14.4 Å². The number of benzene rings is 2. The highest BCUT2D eigenvalue weighted by Crippen LogP contribution is 2.16. The Bertz CT molecular complexity index is 1090. The van der Waals surface area contributed by atoms with E-state index >= 15 is 0 Å². The van der Waals surface area contributed by atoms with Crippen molar-refractivity contribution in [2.75, 3.05) is 37.7 Å². The number of nitrogens with one attached hydrogen (secondary N) is 1. The molecule has 0 atom stereocenters. The average molecular weight is 392 g/mol. The van der Waals surface area contributed by atoms with Gasteiger partial charge >= 0.3 is 5.97 Å². The van der Waals surface area contributed by atoms with Gasteiger partial charge in [0.2, 0.25) is 0 Å². The molecule has 0 spiro atoms. The van der Waals surface area contributed by atoms with Crippen molar-refractivity contribution < 1.29 is 14.3 Å². The number of nitrogens with zero attached hydrogens (tertiary/aromatic N) is 3. The standard InChI is InChI=1S/C21H20N4O4/c26-18(25-12-10-24(11-13-25)15-6-2-1-3-7-15)14-29-21(28)19-16-8-4-5-9-17(16)20(27)23-22-19/h1-9H,10-14H2,(H,23,27). The number of fused-ring (bicyclic) bond motifs is 1. The highest BCUT2D eigenvalue weighted by atomic mass is 16.5. The molecule has 0 radical (unpaired) electrons. The van der Waals surface area contributed by atoms with Crippen LogP contribution in [0.25, 0.3) is 10.8 Å². The number of aromatic nitrogens is 2. The fourth-order valence-electron chi connectivity index (χ4n) is 3.41. The van der Waals surface area contributed by atoms with Crippen LogP contribution in [0.3, 0.4) is 0 Å². The summed E-state index contributed by atoms with van der Waals surface area (Å²) >= 11 is 0. The van der Waals surface area contributed by atoms with Crippen LogP contribution in [0.15, 0.2) is 59.4 Å². The summed E-state index contributed by atoms with van der Waals surface area (Å²) in [7, 11) is 0. The Morgan fingerprint density at radius 1 is 0.931 bits per heavy atom. The van der Waals surface area contributed by atoms with Gasteiger partial charge in [-0.05, 0) is 18.2 Å². The number of para-hydroxylation sites is 1. The molecule has 29 heavy (non-hydrogen) atoms. The van der Waals surface area contributed by atoms with E-state index < -0.39 is 5.97 Å². The van der Waals surface area contributed by atoms with Gasteiger partial charge in [0.1, 0.15) is 0 Å². The van der Waals surface area contributed by atoms with E-state index in [-0.39, 0.29) is 23.8 Å². The molecule has 4 rings (SSSR count). The highest BCUT2D eigenvalue weighted by molar-refractivity contribution is 6.02. The zero-order valence-electron chi connectivity index (χ0n) is 15.7. The predicted octanol–water partition coefficient (Wildman–Crippen LogP) is 1.43. The minimum atomic E-state index is -0.742. The summed E-state index contributed by atoms with van der Waals surface area (Å²) < 4.78 is 5.17. The van der Waals surface area contributed by atoms with Gasteiger partial charge in [-0.25, -0.2) is 9.89 Å². The Morgan fingerprint density at radius 2 is 1.59 bits per heavy atom. The van der Waals surface area contributed by atoms with Crippen molar-refractivity contribution in [2.24, 2.45) is 0 Å². The van der Waals surface area contributed by atoms with E-state index in [1.807, 2.05) is 30.3 Å². The molecule has 1 aromatic heterocycles. The second kappa shape index (κ2) is 8.14. The minimum Gasteiger partial charge on any atom is -0.451 e. The SMILES string of the molecule is O=C(OCC(=O)N1CCN(c2ccccc2)CC1)c1n[nH]c(=O)c2ccccc12. The third-order valence-corrected chi connectivity index (χ3v) is 4.97. The molecule has 1 aliphatic rings. The summed E-state index contributed by atoms with van der Waals surface area (Å²) in [5.41, 5.74) is 0.730. The summed E-state index contributed by atoms with van der Waals surface area (Å²) in [6.07, 6.45) is 0. The summed E-state index contributed by atoms with van der Waals surface area (Å²) in [6.45, 7) is 2.20. The average Bonchev–Trinajstić information content (AvgIpc) is 2.78. The number of rotatable bonds is 4. The largest absolute Gasteiger partial charge is 0.451 e. The minimum absolute atomic E-state index is 0.0121. The molecule has 1 amide bonds. The number of anilines is 1. The molecule has 148 valence electrons. The van der Waals surface area contributed by atoms with Gasteiger partial charge in [0.15, 0.2) is 12.3 Å². The molecule has 1 fully saturated rings. The van der Waals surface area contributed by atoms with Crippen LogP contribution >= 0.6 is 0 Å². The van der Waals surface area contributed by atoms with Gasteiger partial charge in [-0.2, -0.15) is 5.10 Å². The van der Waals surface area contributed by atoms with Crippen LogP contribution in [0.2, 0.25) is 0 Å². The topological polar surface area (TPSA) is 95.6 Å². The van der Waals surface area contributed by atoms with Crippen molar-refractivity contribution in [3.05, 3.63) is 70.6 Å². The number of hydrogen-bond acceptors (Lipinski definition) is 6. The zero-order valence-corrected chi connectivity index (χ0v) is 15.7. The van der Waals surface area contributed by atoms with Crippen molar-refractivity contribution in [3.63, 3.8) is 0 Å². The maximum atomic E-state index is 12.4. The highest BCUT2D eigenvalue weighted by Gasteiger charge is 2.23. The maximum Gasteiger partial charge on any atom is 0.359 e. The Kier molecular flexibility index (Phi) is 5.24. The molecule has 3 aromatic rings. The van der Waals surface area contributed by atoms with Crippen LogP contribution in [0.4, 0.5) is 5.69 Å². The molecule has 0 aliphatic carbocycles. The van der Waals surface area contributed by atoms with Crippen LogP contribution < -0.4 is 10.5 Å². The fraction of sp³-hybridized carbons (Fsp3) is 0.238. The van der Waals surface area contributed by atoms with Crippen LogP contribution in [0.1, 0.15) is 10.5 Å². The van der Waals surface area contributed by atoms with E-state index in [2.05, 4.69) is 15.1 Å². The molecule has 1 saturated heterocycles. The van der Waals surface area contributed by atoms with Crippen molar-refractivity contribution >= 4 is 28.3 Å². The molecule has 1 N–H and O–H groups in total. The smallest absolute Gasteiger partial charge is 0.359 e. The van der Waals surface area contributed by atoms with Crippen LogP contribution in [0.5, 0.6) is 0 Å². The summed E-state index contributed by atoms with van der Waals surface area (Å²) in [5.74, 6) is -0.992. The van der Waals surface area contributed by atoms with Crippen LogP contribution in [-0.4, -0.2) is 59.8 Å². The number of H-pyrrole nitrogens is 1. The number of esters is 1. The molecule has 2 aromatic carbocycles. The lowest BCUT2D eigenvalue weighted by atomic mass is 10.1. The Labute approximate surface area is 166 Å². The number of piperazine rings is 1. The fourth-order valence-corrected chi connectivity index (χ4v) is 3.41. The van der Waals surface area contributed by atoms with E-state index in [4.69, 9.17) is 4.74 Å². The zero-order chi connectivity index (χ0) is 20.2. The van der Waals surface area contributed by atoms with Gasteiger partial charge in [-0.3, -0.25) is 9.59 Å². The molecule has 0 saturated carbocycles. The normalized spacial score (nSPS) is 14.1. The van der Waals surface area contributed by atoms with Gasteiger partial charge in [0.25, 0.3) is 11.5 Å². The van der Waals surface area contributed by atoms with Gasteiger partial charge in [-0.15, -0.1) is 0 Å². The molecular weight excluding hydrogens is 372 g/mol. The van der Waals surface area contributed by atoms with Gasteiger partial charge in [0.05, 0.1) is 5.39 Å². The third-order valence-electron chi connectivity index (χ3n) is 4.97. The quantitative estimate of drug-likeness (QED) is 0.675. The first-order valence-corrected chi connectivity index (χ1v) is 9.36. The van der Waals surface area contributed by atoms with Crippen LogP contribution in [0, 0.1) is 0 Å². The number of ether oxygens (including phenoxy) is 1. The van der Waals surface area contributed by atoms with E-state index in [1.54, 1.807) is 29.2 Å². The number of carbonyl (C=O) groups excluding carboxylic acids is 2. The van der Waals surface area contributed by atoms with Crippen molar-refractivity contribution in [1.82, 2.24) is 15.1 Å². The lowest BCUT2D eigenvalue weighted by Gasteiger charge is -2.36. The molecular formula is C21H20N4O4. The first kappa shape index (κ1) is 18.7. The molecule has 8 nitrogen and oxygen atoms in total. The number of carbonyl (C=O) groups is 2. The molecule has 1 aliphatic heterocycles. The third kappa shape index (κ3) is 3.96. The predicted molar refractivity (Wildman–Crippen MR) is 108 cm³/mol. The van der Waals surface area contributed by atoms with Crippen molar-refractivity contribution in [2.45, 2.75) is 0 Å². The molecule has 8 heteroatoms. The monoisotopic (exact) mass is 392 g/mol. The van der Waals surface area contributed by atoms with Crippen molar-refractivity contribution in [1.29, 1.82) is 0 Å². The Hall–Kier alpha value is -3.68. The summed E-state index contributed by atoms with van der Waals surface area (Å²) in [6, 6.07) is 16.7. The van der Waals surface area contributed by atoms with Crippen LogP contribution in [-0.2, 0) is 9.53 Å². The molecule has 0 unspecified atom stereocenters. The first-order chi connectivity index (χ1) is 14.1. The van der Waals surface area contributed by atoms with Gasteiger partial charge < -0.3 is 14.5 Å². The Balaban J connectivity index is 1.35. The number of amides is 1. The Morgan fingerprint density at radius 3 is 2.31 bits per heavy atom. The molecule has 2 heterocycles.